The molecular formula is C11H13N. The molecule has 1 heterocycles. The molecular weight excluding hydrogens is 146 g/mol. The van der Waals surface area contributed by atoms with Crippen LogP contribution in [0.2, 0.25) is 0 Å². The average Bonchev–Trinajstić information content (AvgIpc) is 2.72. The summed E-state index contributed by atoms with van der Waals surface area (Å²) in [5, 5.41) is 0. The smallest absolute Gasteiger partial charge is 0.0305 e. The van der Waals surface area contributed by atoms with Gasteiger partial charge in [-0.05, 0) is 42.2 Å². The highest BCUT2D eigenvalue weighted by molar-refractivity contribution is 5.33. The van der Waals surface area contributed by atoms with E-state index in [1.54, 1.807) is 0 Å². The van der Waals surface area contributed by atoms with Gasteiger partial charge in [-0.15, -0.1) is 0 Å². The number of aromatic nitrogens is 1. The summed E-state index contributed by atoms with van der Waals surface area (Å²) in [6.07, 6.45) is 9.65. The summed E-state index contributed by atoms with van der Waals surface area (Å²) < 4.78 is 0. The van der Waals surface area contributed by atoms with Crippen LogP contribution >= 0.6 is 0 Å². The topological polar surface area (TPSA) is 12.9 Å². The maximum Gasteiger partial charge on any atom is 0.0305 e. The van der Waals surface area contributed by atoms with Crippen LogP contribution in [-0.4, -0.2) is 4.98 Å². The molecule has 1 aromatic rings. The number of hydrogen-bond acceptors (Lipinski definition) is 1. The third kappa shape index (κ3) is 0.715. The zero-order valence-corrected chi connectivity index (χ0v) is 7.16. The van der Waals surface area contributed by atoms with Crippen molar-refractivity contribution in [2.45, 2.75) is 31.1 Å². The predicted octanol–water partition coefficient (Wildman–Crippen LogP) is 2.52. The molecule has 2 aliphatic rings. The van der Waals surface area contributed by atoms with Gasteiger partial charge in [0.05, 0.1) is 0 Å². The molecule has 0 aromatic carbocycles. The van der Waals surface area contributed by atoms with Crippen LogP contribution in [0.5, 0.6) is 0 Å². The SMILES string of the molecule is c1cncc(C23CCCC2C3)c1. The summed E-state index contributed by atoms with van der Waals surface area (Å²) in [6, 6.07) is 4.32. The van der Waals surface area contributed by atoms with E-state index in [0.717, 1.165) is 5.92 Å². The van der Waals surface area contributed by atoms with Crippen LogP contribution in [0.1, 0.15) is 31.2 Å². The normalized spacial score (nSPS) is 37.8. The van der Waals surface area contributed by atoms with Gasteiger partial charge in [0.2, 0.25) is 0 Å². The van der Waals surface area contributed by atoms with Gasteiger partial charge in [0.25, 0.3) is 0 Å². The molecule has 0 saturated heterocycles. The molecule has 2 unspecified atom stereocenters. The minimum atomic E-state index is 0.592. The molecule has 2 aliphatic carbocycles. The standard InChI is InChI=1S/C11H13N/c1-3-9-7-11(9,5-1)10-4-2-6-12-8-10/h2,4,6,8-9H,1,3,5,7H2. The van der Waals surface area contributed by atoms with Gasteiger partial charge in [-0.3, -0.25) is 4.98 Å². The molecule has 3 rings (SSSR count). The minimum absolute atomic E-state index is 0.592. The van der Waals surface area contributed by atoms with E-state index in [1.807, 2.05) is 6.20 Å². The van der Waals surface area contributed by atoms with Gasteiger partial charge in [0.15, 0.2) is 0 Å². The van der Waals surface area contributed by atoms with Crippen molar-refractivity contribution >= 4 is 0 Å². The Balaban J connectivity index is 2.00. The molecule has 0 aliphatic heterocycles. The van der Waals surface area contributed by atoms with Crippen LogP contribution in [0.4, 0.5) is 0 Å². The molecule has 2 atom stereocenters. The first-order chi connectivity index (χ1) is 5.92. The van der Waals surface area contributed by atoms with Gasteiger partial charge < -0.3 is 0 Å². The average molecular weight is 159 g/mol. The summed E-state index contributed by atoms with van der Waals surface area (Å²) in [6.45, 7) is 0. The van der Waals surface area contributed by atoms with Gasteiger partial charge in [-0.2, -0.15) is 0 Å². The second-order valence-electron chi connectivity index (χ2n) is 4.19. The van der Waals surface area contributed by atoms with Crippen molar-refractivity contribution in [3.05, 3.63) is 30.1 Å². The van der Waals surface area contributed by atoms with E-state index in [2.05, 4.69) is 23.3 Å². The first kappa shape index (κ1) is 6.64. The Kier molecular flexibility index (Phi) is 1.16. The molecule has 0 amide bonds. The van der Waals surface area contributed by atoms with Crippen molar-refractivity contribution in [1.29, 1.82) is 0 Å². The highest BCUT2D eigenvalue weighted by Crippen LogP contribution is 2.64. The Bertz CT molecular complexity index is 293. The molecule has 2 fully saturated rings. The Hall–Kier alpha value is -0.850. The van der Waals surface area contributed by atoms with Crippen LogP contribution in [0.3, 0.4) is 0 Å². The molecule has 0 bridgehead atoms. The quantitative estimate of drug-likeness (QED) is 0.613. The number of fused-ring (bicyclic) bond motifs is 1. The van der Waals surface area contributed by atoms with Crippen molar-refractivity contribution in [3.63, 3.8) is 0 Å². The van der Waals surface area contributed by atoms with E-state index in [9.17, 15) is 0 Å². The third-order valence-corrected chi connectivity index (χ3v) is 3.64. The largest absolute Gasteiger partial charge is 0.264 e. The molecule has 1 nitrogen and oxygen atoms in total. The molecule has 1 heteroatoms. The highest BCUT2D eigenvalue weighted by Gasteiger charge is 2.57. The summed E-state index contributed by atoms with van der Waals surface area (Å²) >= 11 is 0. The van der Waals surface area contributed by atoms with E-state index in [1.165, 1.54) is 31.2 Å². The summed E-state index contributed by atoms with van der Waals surface area (Å²) in [5.74, 6) is 1.00. The van der Waals surface area contributed by atoms with Crippen LogP contribution in [0.25, 0.3) is 0 Å². The van der Waals surface area contributed by atoms with Crippen molar-refractivity contribution in [2.24, 2.45) is 5.92 Å². The fourth-order valence-corrected chi connectivity index (χ4v) is 2.88. The van der Waals surface area contributed by atoms with E-state index in [4.69, 9.17) is 0 Å². The number of nitrogens with zero attached hydrogens (tertiary/aromatic N) is 1. The van der Waals surface area contributed by atoms with E-state index >= 15 is 0 Å². The van der Waals surface area contributed by atoms with Gasteiger partial charge in [0.1, 0.15) is 0 Å². The maximum absolute atomic E-state index is 4.20. The van der Waals surface area contributed by atoms with Crippen LogP contribution < -0.4 is 0 Å². The molecule has 0 N–H and O–H groups in total. The zero-order chi connectivity index (χ0) is 8.02. The van der Waals surface area contributed by atoms with E-state index < -0.39 is 0 Å². The highest BCUT2D eigenvalue weighted by atomic mass is 14.7. The molecule has 2 saturated carbocycles. The summed E-state index contributed by atoms with van der Waals surface area (Å²) in [5.41, 5.74) is 2.08. The van der Waals surface area contributed by atoms with Crippen molar-refractivity contribution < 1.29 is 0 Å². The van der Waals surface area contributed by atoms with Crippen LogP contribution in [0.15, 0.2) is 24.5 Å². The number of rotatable bonds is 1. The Morgan fingerprint density at radius 3 is 3.08 bits per heavy atom. The predicted molar refractivity (Wildman–Crippen MR) is 47.9 cm³/mol. The van der Waals surface area contributed by atoms with Gasteiger partial charge in [0, 0.05) is 12.4 Å². The lowest BCUT2D eigenvalue weighted by Gasteiger charge is -2.10. The van der Waals surface area contributed by atoms with Crippen molar-refractivity contribution in [2.75, 3.05) is 0 Å². The lowest BCUT2D eigenvalue weighted by atomic mass is 9.95. The van der Waals surface area contributed by atoms with Crippen molar-refractivity contribution in [3.8, 4) is 0 Å². The first-order valence-electron chi connectivity index (χ1n) is 4.82. The molecule has 1 aromatic heterocycles. The molecule has 12 heavy (non-hydrogen) atoms. The van der Waals surface area contributed by atoms with Gasteiger partial charge in [-0.1, -0.05) is 12.5 Å². The molecule has 0 radical (unpaired) electrons. The second-order valence-corrected chi connectivity index (χ2v) is 4.19. The Morgan fingerprint density at radius 2 is 2.50 bits per heavy atom. The fourth-order valence-electron chi connectivity index (χ4n) is 2.88. The van der Waals surface area contributed by atoms with Crippen LogP contribution in [0, 0.1) is 5.92 Å². The van der Waals surface area contributed by atoms with Crippen LogP contribution in [-0.2, 0) is 5.41 Å². The van der Waals surface area contributed by atoms with Crippen molar-refractivity contribution in [1.82, 2.24) is 4.98 Å². The minimum Gasteiger partial charge on any atom is -0.264 e. The second kappa shape index (κ2) is 2.09. The lowest BCUT2D eigenvalue weighted by Crippen LogP contribution is -2.04. The third-order valence-electron chi connectivity index (χ3n) is 3.64. The lowest BCUT2D eigenvalue weighted by molar-refractivity contribution is 0.654. The Labute approximate surface area is 72.8 Å². The van der Waals surface area contributed by atoms with Gasteiger partial charge in [-0.25, -0.2) is 0 Å². The number of hydrogen-bond donors (Lipinski definition) is 0. The zero-order valence-electron chi connectivity index (χ0n) is 7.16. The fraction of sp³-hybridized carbons (Fsp3) is 0.545. The van der Waals surface area contributed by atoms with E-state index in [-0.39, 0.29) is 0 Å². The summed E-state index contributed by atoms with van der Waals surface area (Å²) in [7, 11) is 0. The van der Waals surface area contributed by atoms with E-state index in [0.29, 0.717) is 5.41 Å². The van der Waals surface area contributed by atoms with Gasteiger partial charge >= 0.3 is 0 Å². The first-order valence-corrected chi connectivity index (χ1v) is 4.82. The summed E-state index contributed by atoms with van der Waals surface area (Å²) in [4.78, 5) is 4.20. The number of pyridine rings is 1. The molecule has 62 valence electrons. The Morgan fingerprint density at radius 1 is 1.50 bits per heavy atom. The molecule has 0 spiro atoms. The monoisotopic (exact) mass is 159 g/mol. The maximum atomic E-state index is 4.20.